The number of hydrogen-bond donors (Lipinski definition) is 1. The van der Waals surface area contributed by atoms with Gasteiger partial charge in [0, 0.05) is 27.2 Å². The van der Waals surface area contributed by atoms with Crippen molar-refractivity contribution < 1.29 is 27.1 Å². The molecule has 1 saturated carbocycles. The SMILES string of the molecule is CN(C)C(=O)C1(CNc2ncnc(N3CCOC[C@@H]3c3ccc(C(F)(F)F)cc3)c2F)CCCC1. The smallest absolute Gasteiger partial charge is 0.377 e. The van der Waals surface area contributed by atoms with Crippen LogP contribution >= 0.6 is 0 Å². The van der Waals surface area contributed by atoms with Crippen LogP contribution in [0, 0.1) is 11.2 Å². The molecule has 1 aliphatic carbocycles. The van der Waals surface area contributed by atoms with Crippen LogP contribution in [0.5, 0.6) is 0 Å². The summed E-state index contributed by atoms with van der Waals surface area (Å²) in [6.07, 6.45) is 0.106. The van der Waals surface area contributed by atoms with Crippen LogP contribution in [-0.4, -0.2) is 61.2 Å². The Hall–Kier alpha value is -2.95. The molecule has 2 fully saturated rings. The molecule has 1 aromatic heterocycles. The second-order valence-electron chi connectivity index (χ2n) is 9.30. The first-order valence-corrected chi connectivity index (χ1v) is 11.6. The van der Waals surface area contributed by atoms with Crippen molar-refractivity contribution in [2.75, 3.05) is 50.6 Å². The Morgan fingerprint density at radius 3 is 2.51 bits per heavy atom. The van der Waals surface area contributed by atoms with Gasteiger partial charge in [0.05, 0.1) is 30.2 Å². The first-order valence-electron chi connectivity index (χ1n) is 11.6. The quantitative estimate of drug-likeness (QED) is 0.604. The van der Waals surface area contributed by atoms with E-state index in [1.54, 1.807) is 23.9 Å². The number of carbonyl (C=O) groups excluding carboxylic acids is 1. The lowest BCUT2D eigenvalue weighted by molar-refractivity contribution is -0.138. The van der Waals surface area contributed by atoms with E-state index in [1.165, 1.54) is 18.5 Å². The van der Waals surface area contributed by atoms with Crippen molar-refractivity contribution in [2.24, 2.45) is 5.41 Å². The second-order valence-corrected chi connectivity index (χ2v) is 9.30. The number of alkyl halides is 3. The summed E-state index contributed by atoms with van der Waals surface area (Å²) in [5.41, 5.74) is -0.799. The lowest BCUT2D eigenvalue weighted by atomic mass is 9.84. The van der Waals surface area contributed by atoms with Gasteiger partial charge in [0.1, 0.15) is 6.33 Å². The van der Waals surface area contributed by atoms with Gasteiger partial charge < -0.3 is 19.9 Å². The van der Waals surface area contributed by atoms with Gasteiger partial charge >= 0.3 is 6.18 Å². The predicted octanol–water partition coefficient (Wildman–Crippen LogP) is 4.27. The zero-order valence-electron chi connectivity index (χ0n) is 19.7. The topological polar surface area (TPSA) is 70.6 Å². The predicted molar refractivity (Wildman–Crippen MR) is 122 cm³/mol. The lowest BCUT2D eigenvalue weighted by Crippen LogP contribution is -2.43. The van der Waals surface area contributed by atoms with Gasteiger partial charge in [0.15, 0.2) is 11.6 Å². The average Bonchev–Trinajstić information content (AvgIpc) is 3.32. The number of carbonyl (C=O) groups is 1. The average molecular weight is 496 g/mol. The molecule has 1 atom stereocenters. The van der Waals surface area contributed by atoms with Gasteiger partial charge in [-0.25, -0.2) is 9.97 Å². The summed E-state index contributed by atoms with van der Waals surface area (Å²) in [7, 11) is 3.43. The number of morpholine rings is 1. The highest BCUT2D eigenvalue weighted by atomic mass is 19.4. The van der Waals surface area contributed by atoms with Crippen molar-refractivity contribution in [2.45, 2.75) is 37.9 Å². The molecule has 1 N–H and O–H groups in total. The summed E-state index contributed by atoms with van der Waals surface area (Å²) in [6.45, 7) is 1.06. The Balaban J connectivity index is 1.57. The van der Waals surface area contributed by atoms with Crippen molar-refractivity contribution >= 4 is 17.5 Å². The van der Waals surface area contributed by atoms with Crippen LogP contribution in [0.15, 0.2) is 30.6 Å². The maximum Gasteiger partial charge on any atom is 0.416 e. The summed E-state index contributed by atoms with van der Waals surface area (Å²) in [4.78, 5) is 24.3. The summed E-state index contributed by atoms with van der Waals surface area (Å²) in [5.74, 6) is -0.634. The Kier molecular flexibility index (Phi) is 7.16. The second kappa shape index (κ2) is 9.96. The van der Waals surface area contributed by atoms with Crippen LogP contribution in [0.1, 0.15) is 42.9 Å². The number of ether oxygens (including phenoxy) is 1. The zero-order chi connectivity index (χ0) is 25.2. The maximum atomic E-state index is 15.6. The molecule has 0 bridgehead atoms. The molecule has 1 saturated heterocycles. The largest absolute Gasteiger partial charge is 0.416 e. The monoisotopic (exact) mass is 495 g/mol. The third-order valence-corrected chi connectivity index (χ3v) is 6.81. The molecule has 2 aliphatic rings. The van der Waals surface area contributed by atoms with Crippen molar-refractivity contribution in [3.8, 4) is 0 Å². The molecule has 1 amide bonds. The van der Waals surface area contributed by atoms with Crippen LogP contribution in [0.3, 0.4) is 0 Å². The number of rotatable bonds is 6. The van der Waals surface area contributed by atoms with Crippen molar-refractivity contribution in [3.05, 3.63) is 47.5 Å². The fourth-order valence-corrected chi connectivity index (χ4v) is 4.96. The van der Waals surface area contributed by atoms with Crippen LogP contribution in [0.25, 0.3) is 0 Å². The summed E-state index contributed by atoms with van der Waals surface area (Å²) < 4.78 is 60.1. The number of benzene rings is 1. The third kappa shape index (κ3) is 5.19. The highest BCUT2D eigenvalue weighted by Gasteiger charge is 2.42. The first-order chi connectivity index (χ1) is 16.6. The van der Waals surface area contributed by atoms with Gasteiger partial charge in [-0.15, -0.1) is 0 Å². The van der Waals surface area contributed by atoms with E-state index < -0.39 is 29.0 Å². The van der Waals surface area contributed by atoms with Gasteiger partial charge in [-0.1, -0.05) is 25.0 Å². The van der Waals surface area contributed by atoms with Crippen LogP contribution in [0.4, 0.5) is 29.2 Å². The van der Waals surface area contributed by atoms with E-state index in [1.807, 2.05) is 0 Å². The molecule has 0 spiro atoms. The van der Waals surface area contributed by atoms with E-state index in [0.717, 1.165) is 37.8 Å². The number of anilines is 2. The number of aromatic nitrogens is 2. The fraction of sp³-hybridized carbons (Fsp3) is 0.542. The van der Waals surface area contributed by atoms with E-state index in [0.29, 0.717) is 18.7 Å². The lowest BCUT2D eigenvalue weighted by Gasteiger charge is -2.37. The van der Waals surface area contributed by atoms with Gasteiger partial charge in [-0.2, -0.15) is 17.6 Å². The maximum absolute atomic E-state index is 15.6. The van der Waals surface area contributed by atoms with Gasteiger partial charge in [-0.3, -0.25) is 4.79 Å². The molecule has 0 radical (unpaired) electrons. The van der Waals surface area contributed by atoms with Crippen LogP contribution in [0.2, 0.25) is 0 Å². The zero-order valence-corrected chi connectivity index (χ0v) is 19.7. The Bertz CT molecular complexity index is 1040. The Labute approximate surface area is 201 Å². The first kappa shape index (κ1) is 25.2. The van der Waals surface area contributed by atoms with Gasteiger partial charge in [-0.05, 0) is 30.5 Å². The highest BCUT2D eigenvalue weighted by Crippen LogP contribution is 2.40. The van der Waals surface area contributed by atoms with Crippen molar-refractivity contribution in [1.82, 2.24) is 14.9 Å². The molecule has 190 valence electrons. The van der Waals surface area contributed by atoms with Crippen LogP contribution in [-0.2, 0) is 15.7 Å². The number of nitrogens with one attached hydrogen (secondary N) is 1. The molecular weight excluding hydrogens is 466 g/mol. The molecule has 2 aromatic rings. The molecule has 0 unspecified atom stereocenters. The summed E-state index contributed by atoms with van der Waals surface area (Å²) in [5, 5.41) is 3.03. The van der Waals surface area contributed by atoms with Crippen molar-refractivity contribution in [1.29, 1.82) is 0 Å². The van der Waals surface area contributed by atoms with Crippen LogP contribution < -0.4 is 10.2 Å². The van der Waals surface area contributed by atoms with Gasteiger partial charge in [0.2, 0.25) is 11.7 Å². The molecule has 1 aromatic carbocycles. The van der Waals surface area contributed by atoms with E-state index in [-0.39, 0.29) is 30.7 Å². The number of amides is 1. The Morgan fingerprint density at radius 2 is 1.89 bits per heavy atom. The van der Waals surface area contributed by atoms with E-state index in [4.69, 9.17) is 4.74 Å². The fourth-order valence-electron chi connectivity index (χ4n) is 4.96. The highest BCUT2D eigenvalue weighted by molar-refractivity contribution is 5.83. The number of hydrogen-bond acceptors (Lipinski definition) is 6. The molecule has 2 heterocycles. The molecule has 35 heavy (non-hydrogen) atoms. The molecule has 4 rings (SSSR count). The van der Waals surface area contributed by atoms with E-state index in [9.17, 15) is 18.0 Å². The summed E-state index contributed by atoms with van der Waals surface area (Å²) >= 11 is 0. The standard InChI is InChI=1S/C24H29F4N5O2/c1-32(2)22(34)23(9-3-4-10-23)14-29-20-19(25)21(31-15-30-20)33-11-12-35-13-18(33)16-5-7-17(8-6-16)24(26,27)28/h5-8,15,18H,3-4,9-14H2,1-2H3,(H,29,30,31)/t18-/m1/s1. The normalized spacial score (nSPS) is 20.1. The number of halogens is 4. The number of nitrogens with zero attached hydrogens (tertiary/aromatic N) is 4. The molecule has 11 heteroatoms. The minimum Gasteiger partial charge on any atom is -0.377 e. The molecule has 7 nitrogen and oxygen atoms in total. The summed E-state index contributed by atoms with van der Waals surface area (Å²) in [6, 6.07) is 4.26. The molecule has 1 aliphatic heterocycles. The minimum atomic E-state index is -4.44. The van der Waals surface area contributed by atoms with Gasteiger partial charge in [0.25, 0.3) is 0 Å². The van der Waals surface area contributed by atoms with E-state index in [2.05, 4.69) is 15.3 Å². The third-order valence-electron chi connectivity index (χ3n) is 6.81. The van der Waals surface area contributed by atoms with E-state index >= 15 is 4.39 Å². The molecular formula is C24H29F4N5O2. The minimum absolute atomic E-state index is 0.00716. The Morgan fingerprint density at radius 1 is 1.20 bits per heavy atom. The van der Waals surface area contributed by atoms with Crippen molar-refractivity contribution in [3.63, 3.8) is 0 Å².